The number of hydrogen-bond acceptors (Lipinski definition) is 2. The molecule has 0 aliphatic carbocycles. The second-order valence-corrected chi connectivity index (χ2v) is 4.20. The number of aromatic nitrogens is 1. The summed E-state index contributed by atoms with van der Waals surface area (Å²) in [4.78, 5) is 10.9. The fourth-order valence-corrected chi connectivity index (χ4v) is 1.96. The van der Waals surface area contributed by atoms with E-state index in [0.29, 0.717) is 12.0 Å². The van der Waals surface area contributed by atoms with Crippen molar-refractivity contribution >= 4 is 16.7 Å². The van der Waals surface area contributed by atoms with Gasteiger partial charge in [0.2, 0.25) is 0 Å². The number of fused-ring (bicyclic) bond motifs is 1. The fourth-order valence-electron chi connectivity index (χ4n) is 1.96. The Morgan fingerprint density at radius 2 is 2.24 bits per heavy atom. The zero-order chi connectivity index (χ0) is 12.3. The zero-order valence-corrected chi connectivity index (χ0v) is 9.81. The lowest BCUT2D eigenvalue weighted by atomic mass is 10.2. The summed E-state index contributed by atoms with van der Waals surface area (Å²) in [7, 11) is 0. The van der Waals surface area contributed by atoms with E-state index in [1.165, 1.54) is 0 Å². The van der Waals surface area contributed by atoms with Crippen molar-refractivity contribution in [2.24, 2.45) is 0 Å². The van der Waals surface area contributed by atoms with Crippen LogP contribution in [0.2, 0.25) is 0 Å². The molecule has 0 N–H and O–H groups in total. The number of hydrogen-bond donors (Lipinski definition) is 0. The van der Waals surface area contributed by atoms with E-state index < -0.39 is 0 Å². The van der Waals surface area contributed by atoms with E-state index >= 15 is 0 Å². The van der Waals surface area contributed by atoms with Gasteiger partial charge in [0.25, 0.3) is 0 Å². The molecule has 0 aliphatic rings. The lowest BCUT2D eigenvalue weighted by Gasteiger charge is -2.04. The quantitative estimate of drug-likeness (QED) is 0.804. The van der Waals surface area contributed by atoms with E-state index in [9.17, 15) is 4.79 Å². The largest absolute Gasteiger partial charge is 0.347 e. The van der Waals surface area contributed by atoms with Crippen LogP contribution >= 0.6 is 0 Å². The summed E-state index contributed by atoms with van der Waals surface area (Å²) in [5.74, 6) is 0.230. The molecule has 0 aliphatic heterocycles. The van der Waals surface area contributed by atoms with Crippen LogP contribution in [-0.2, 0) is 11.3 Å². The Labute approximate surface area is 100 Å². The summed E-state index contributed by atoms with van der Waals surface area (Å²) < 4.78 is 2.12. The predicted octanol–water partition coefficient (Wildman–Crippen LogP) is 2.88. The molecule has 1 heterocycles. The van der Waals surface area contributed by atoms with Crippen molar-refractivity contribution in [3.05, 3.63) is 36.0 Å². The summed E-state index contributed by atoms with van der Waals surface area (Å²) in [5, 5.41) is 9.89. The molecule has 0 bridgehead atoms. The van der Waals surface area contributed by atoms with Crippen molar-refractivity contribution in [1.82, 2.24) is 4.57 Å². The summed E-state index contributed by atoms with van der Waals surface area (Å²) >= 11 is 0. The van der Waals surface area contributed by atoms with Crippen LogP contribution in [0.4, 0.5) is 0 Å². The molecule has 0 saturated heterocycles. The van der Waals surface area contributed by atoms with Gasteiger partial charge in [-0.3, -0.25) is 0 Å². The molecule has 3 heteroatoms. The van der Waals surface area contributed by atoms with E-state index in [4.69, 9.17) is 5.26 Å². The first-order valence-corrected chi connectivity index (χ1v) is 5.69. The highest BCUT2D eigenvalue weighted by Gasteiger charge is 2.02. The van der Waals surface area contributed by atoms with Gasteiger partial charge in [0.15, 0.2) is 0 Å². The van der Waals surface area contributed by atoms with Crippen molar-refractivity contribution < 1.29 is 4.79 Å². The molecule has 3 nitrogen and oxygen atoms in total. The number of carbonyl (C=O) groups excluding carboxylic acids is 1. The van der Waals surface area contributed by atoms with Crippen LogP contribution in [0.25, 0.3) is 10.9 Å². The number of ketones is 1. The van der Waals surface area contributed by atoms with Crippen LogP contribution < -0.4 is 0 Å². The van der Waals surface area contributed by atoms with Gasteiger partial charge in [-0.1, -0.05) is 0 Å². The Bertz CT molecular complexity index is 590. The second-order valence-electron chi connectivity index (χ2n) is 4.20. The lowest BCUT2D eigenvalue weighted by Crippen LogP contribution is -1.99. The normalized spacial score (nSPS) is 10.4. The highest BCUT2D eigenvalue weighted by molar-refractivity contribution is 5.81. The monoisotopic (exact) mass is 226 g/mol. The van der Waals surface area contributed by atoms with Gasteiger partial charge in [-0.25, -0.2) is 0 Å². The number of benzene rings is 1. The van der Waals surface area contributed by atoms with E-state index in [-0.39, 0.29) is 5.78 Å². The van der Waals surface area contributed by atoms with Gasteiger partial charge in [0.05, 0.1) is 11.6 Å². The molecule has 1 aromatic heterocycles. The van der Waals surface area contributed by atoms with Crippen LogP contribution in [0.15, 0.2) is 30.5 Å². The first-order chi connectivity index (χ1) is 8.20. The van der Waals surface area contributed by atoms with Crippen molar-refractivity contribution in [1.29, 1.82) is 5.26 Å². The van der Waals surface area contributed by atoms with Crippen LogP contribution in [0.5, 0.6) is 0 Å². The average molecular weight is 226 g/mol. The molecule has 86 valence electrons. The number of carbonyl (C=O) groups is 1. The van der Waals surface area contributed by atoms with E-state index in [1.807, 2.05) is 30.5 Å². The van der Waals surface area contributed by atoms with Crippen molar-refractivity contribution in [3.63, 3.8) is 0 Å². The highest BCUT2D eigenvalue weighted by atomic mass is 16.1. The fraction of sp³-hybridized carbons (Fsp3) is 0.286. The standard InChI is InChI=1S/C14H14N2O/c1-11(17)3-2-7-16-8-6-13-9-12(10-15)4-5-14(13)16/h4-6,8-9H,2-3,7H2,1H3. The highest BCUT2D eigenvalue weighted by Crippen LogP contribution is 2.18. The minimum absolute atomic E-state index is 0.230. The first kappa shape index (κ1) is 11.4. The summed E-state index contributed by atoms with van der Waals surface area (Å²) in [6.45, 7) is 2.46. The van der Waals surface area contributed by atoms with Gasteiger partial charge in [0, 0.05) is 30.1 Å². The molecule has 2 aromatic rings. The first-order valence-electron chi connectivity index (χ1n) is 5.69. The van der Waals surface area contributed by atoms with Gasteiger partial charge in [-0.15, -0.1) is 0 Å². The summed E-state index contributed by atoms with van der Waals surface area (Å²) in [6.07, 6.45) is 3.49. The maximum Gasteiger partial charge on any atom is 0.129 e. The van der Waals surface area contributed by atoms with Gasteiger partial charge in [-0.05, 0) is 37.6 Å². The molecule has 2 rings (SSSR count). The molecule has 0 spiro atoms. The van der Waals surface area contributed by atoms with E-state index in [1.54, 1.807) is 6.92 Å². The van der Waals surface area contributed by atoms with Crippen molar-refractivity contribution in [3.8, 4) is 6.07 Å². The number of Topliss-reactive ketones (excluding diaryl/α,β-unsaturated/α-hetero) is 1. The molecule has 1 aromatic carbocycles. The zero-order valence-electron chi connectivity index (χ0n) is 9.81. The van der Waals surface area contributed by atoms with Gasteiger partial charge in [0.1, 0.15) is 5.78 Å². The third-order valence-corrected chi connectivity index (χ3v) is 2.83. The molecule has 0 saturated carbocycles. The van der Waals surface area contributed by atoms with Gasteiger partial charge >= 0.3 is 0 Å². The van der Waals surface area contributed by atoms with Gasteiger partial charge < -0.3 is 9.36 Å². The Kier molecular flexibility index (Phi) is 3.24. The molecule has 0 radical (unpaired) electrons. The summed E-state index contributed by atoms with van der Waals surface area (Å²) in [5.41, 5.74) is 1.80. The number of nitrogens with zero attached hydrogens (tertiary/aromatic N) is 2. The Hall–Kier alpha value is -2.08. The SMILES string of the molecule is CC(=O)CCCn1ccc2cc(C#N)ccc21. The minimum Gasteiger partial charge on any atom is -0.347 e. The molecule has 0 atom stereocenters. The third kappa shape index (κ3) is 2.54. The molecule has 0 unspecified atom stereocenters. The topological polar surface area (TPSA) is 45.8 Å². The smallest absolute Gasteiger partial charge is 0.129 e. The number of aryl methyl sites for hydroxylation is 1. The summed E-state index contributed by atoms with van der Waals surface area (Å²) in [6, 6.07) is 9.81. The maximum absolute atomic E-state index is 10.9. The second kappa shape index (κ2) is 4.84. The van der Waals surface area contributed by atoms with E-state index in [0.717, 1.165) is 23.9 Å². The molecular weight excluding hydrogens is 212 g/mol. The van der Waals surface area contributed by atoms with Crippen LogP contribution in [-0.4, -0.2) is 10.4 Å². The van der Waals surface area contributed by atoms with Crippen molar-refractivity contribution in [2.75, 3.05) is 0 Å². The maximum atomic E-state index is 10.9. The minimum atomic E-state index is 0.230. The van der Waals surface area contributed by atoms with Crippen LogP contribution in [0.1, 0.15) is 25.3 Å². The van der Waals surface area contributed by atoms with E-state index in [2.05, 4.69) is 10.6 Å². The number of nitriles is 1. The molecule has 17 heavy (non-hydrogen) atoms. The number of rotatable bonds is 4. The molecule has 0 amide bonds. The van der Waals surface area contributed by atoms with Crippen molar-refractivity contribution in [2.45, 2.75) is 26.3 Å². The Morgan fingerprint density at radius 1 is 1.41 bits per heavy atom. The van der Waals surface area contributed by atoms with Gasteiger partial charge in [-0.2, -0.15) is 5.26 Å². The molecular formula is C14H14N2O. The molecule has 0 fully saturated rings. The Balaban J connectivity index is 2.19. The Morgan fingerprint density at radius 3 is 2.94 bits per heavy atom. The average Bonchev–Trinajstić information content (AvgIpc) is 2.71. The van der Waals surface area contributed by atoms with Crippen LogP contribution in [0, 0.1) is 11.3 Å². The predicted molar refractivity (Wildman–Crippen MR) is 66.6 cm³/mol. The lowest BCUT2D eigenvalue weighted by molar-refractivity contribution is -0.117. The van der Waals surface area contributed by atoms with Crippen LogP contribution in [0.3, 0.4) is 0 Å². The third-order valence-electron chi connectivity index (χ3n) is 2.83.